The summed E-state index contributed by atoms with van der Waals surface area (Å²) in [4.78, 5) is 11.6. The third-order valence-corrected chi connectivity index (χ3v) is 3.23. The molecule has 0 atom stereocenters. The molecule has 0 saturated carbocycles. The Morgan fingerprint density at radius 3 is 2.57 bits per heavy atom. The summed E-state index contributed by atoms with van der Waals surface area (Å²) in [5, 5.41) is 17.5. The van der Waals surface area contributed by atoms with Crippen LogP contribution in [0.2, 0.25) is 0 Å². The standard InChI is InChI=1S/C16H18N2O3/c1-4-12-13(5-2)17-18-15(14(12)16(19)20)21-11-8-6-7-10(3)9-11/h6-9H,4-5H2,1-3H3,(H,19,20). The van der Waals surface area contributed by atoms with Crippen molar-refractivity contribution < 1.29 is 14.6 Å². The number of hydrogen-bond acceptors (Lipinski definition) is 4. The molecule has 0 aliphatic rings. The maximum absolute atomic E-state index is 11.6. The Labute approximate surface area is 123 Å². The van der Waals surface area contributed by atoms with Gasteiger partial charge < -0.3 is 9.84 Å². The van der Waals surface area contributed by atoms with Crippen molar-refractivity contribution in [2.75, 3.05) is 0 Å². The van der Waals surface area contributed by atoms with Gasteiger partial charge in [-0.15, -0.1) is 5.10 Å². The summed E-state index contributed by atoms with van der Waals surface area (Å²) >= 11 is 0. The number of aryl methyl sites for hydroxylation is 2. The largest absolute Gasteiger partial charge is 0.477 e. The highest BCUT2D eigenvalue weighted by atomic mass is 16.5. The maximum Gasteiger partial charge on any atom is 0.341 e. The first-order valence-corrected chi connectivity index (χ1v) is 6.93. The summed E-state index contributed by atoms with van der Waals surface area (Å²) < 4.78 is 5.64. The molecule has 0 radical (unpaired) electrons. The van der Waals surface area contributed by atoms with E-state index in [0.29, 0.717) is 29.8 Å². The number of aromatic nitrogens is 2. The molecule has 0 fully saturated rings. The van der Waals surface area contributed by atoms with Crippen molar-refractivity contribution >= 4 is 5.97 Å². The Hall–Kier alpha value is -2.43. The molecule has 0 unspecified atom stereocenters. The summed E-state index contributed by atoms with van der Waals surface area (Å²) in [5.74, 6) is -0.445. The number of benzene rings is 1. The molecule has 21 heavy (non-hydrogen) atoms. The van der Waals surface area contributed by atoms with Gasteiger partial charge in [-0.25, -0.2) is 4.79 Å². The van der Waals surface area contributed by atoms with E-state index in [2.05, 4.69) is 10.2 Å². The molecule has 1 aromatic heterocycles. The summed E-state index contributed by atoms with van der Waals surface area (Å²) in [7, 11) is 0. The van der Waals surface area contributed by atoms with Gasteiger partial charge in [-0.1, -0.05) is 26.0 Å². The van der Waals surface area contributed by atoms with Gasteiger partial charge >= 0.3 is 5.97 Å². The third kappa shape index (κ3) is 3.18. The Bertz CT molecular complexity index is 669. The molecule has 0 amide bonds. The lowest BCUT2D eigenvalue weighted by atomic mass is 10.0. The van der Waals surface area contributed by atoms with Gasteiger partial charge in [-0.3, -0.25) is 0 Å². The van der Waals surface area contributed by atoms with Crippen LogP contribution in [0, 0.1) is 6.92 Å². The van der Waals surface area contributed by atoms with E-state index in [1.807, 2.05) is 39.0 Å². The molecule has 2 rings (SSSR count). The zero-order valence-electron chi connectivity index (χ0n) is 12.4. The zero-order valence-corrected chi connectivity index (χ0v) is 12.4. The molecule has 110 valence electrons. The van der Waals surface area contributed by atoms with Crippen molar-refractivity contribution in [1.82, 2.24) is 10.2 Å². The number of hydrogen-bond donors (Lipinski definition) is 1. The molecule has 0 aliphatic carbocycles. The van der Waals surface area contributed by atoms with Crippen LogP contribution in [0.1, 0.15) is 41.0 Å². The molecule has 0 aliphatic heterocycles. The maximum atomic E-state index is 11.6. The number of ether oxygens (including phenoxy) is 1. The fourth-order valence-electron chi connectivity index (χ4n) is 2.24. The van der Waals surface area contributed by atoms with Crippen LogP contribution in [0.5, 0.6) is 11.6 Å². The molecule has 1 heterocycles. The average Bonchev–Trinajstić information content (AvgIpc) is 2.46. The topological polar surface area (TPSA) is 72.3 Å². The van der Waals surface area contributed by atoms with Gasteiger partial charge in [0, 0.05) is 0 Å². The highest BCUT2D eigenvalue weighted by Crippen LogP contribution is 2.27. The Kier molecular flexibility index (Phi) is 4.52. The zero-order chi connectivity index (χ0) is 15.4. The Morgan fingerprint density at radius 1 is 1.24 bits per heavy atom. The fourth-order valence-corrected chi connectivity index (χ4v) is 2.24. The Morgan fingerprint density at radius 2 is 2.00 bits per heavy atom. The van der Waals surface area contributed by atoms with Crippen LogP contribution in [-0.4, -0.2) is 21.3 Å². The molecule has 0 bridgehead atoms. The second-order valence-electron chi connectivity index (χ2n) is 4.74. The van der Waals surface area contributed by atoms with E-state index < -0.39 is 5.97 Å². The summed E-state index contributed by atoms with van der Waals surface area (Å²) in [5.41, 5.74) is 2.51. The van der Waals surface area contributed by atoms with Crippen LogP contribution < -0.4 is 4.74 Å². The van der Waals surface area contributed by atoms with Crippen molar-refractivity contribution in [2.45, 2.75) is 33.6 Å². The van der Waals surface area contributed by atoms with Gasteiger partial charge in [0.05, 0.1) is 5.69 Å². The van der Waals surface area contributed by atoms with Crippen molar-refractivity contribution in [1.29, 1.82) is 0 Å². The van der Waals surface area contributed by atoms with E-state index in [9.17, 15) is 9.90 Å². The van der Waals surface area contributed by atoms with Gasteiger partial charge in [0.15, 0.2) is 0 Å². The van der Waals surface area contributed by atoms with Crippen LogP contribution in [0.4, 0.5) is 0 Å². The van der Waals surface area contributed by atoms with Crippen LogP contribution >= 0.6 is 0 Å². The normalized spacial score (nSPS) is 10.4. The number of aromatic carboxylic acids is 1. The van der Waals surface area contributed by atoms with E-state index in [4.69, 9.17) is 4.74 Å². The third-order valence-electron chi connectivity index (χ3n) is 3.23. The van der Waals surface area contributed by atoms with E-state index >= 15 is 0 Å². The highest BCUT2D eigenvalue weighted by Gasteiger charge is 2.22. The fraction of sp³-hybridized carbons (Fsp3) is 0.312. The van der Waals surface area contributed by atoms with E-state index in [0.717, 1.165) is 5.56 Å². The molecule has 0 saturated heterocycles. The smallest absolute Gasteiger partial charge is 0.341 e. The van der Waals surface area contributed by atoms with Crippen LogP contribution in [0.25, 0.3) is 0 Å². The van der Waals surface area contributed by atoms with Crippen molar-refractivity contribution in [3.05, 3.63) is 46.6 Å². The molecule has 2 aromatic rings. The van der Waals surface area contributed by atoms with Crippen LogP contribution in [-0.2, 0) is 12.8 Å². The molecule has 0 spiro atoms. The van der Waals surface area contributed by atoms with E-state index in [1.54, 1.807) is 6.07 Å². The summed E-state index contributed by atoms with van der Waals surface area (Å²) in [6, 6.07) is 7.38. The number of carbonyl (C=O) groups is 1. The average molecular weight is 286 g/mol. The molecule has 5 heteroatoms. The number of nitrogens with zero attached hydrogens (tertiary/aromatic N) is 2. The minimum atomic E-state index is -1.04. The second kappa shape index (κ2) is 6.35. The first kappa shape index (κ1) is 15.0. The molecular formula is C16H18N2O3. The quantitative estimate of drug-likeness (QED) is 0.912. The lowest BCUT2D eigenvalue weighted by Crippen LogP contribution is -2.11. The lowest BCUT2D eigenvalue weighted by Gasteiger charge is -2.13. The monoisotopic (exact) mass is 286 g/mol. The van der Waals surface area contributed by atoms with Crippen LogP contribution in [0.3, 0.4) is 0 Å². The lowest BCUT2D eigenvalue weighted by molar-refractivity contribution is 0.0691. The second-order valence-corrected chi connectivity index (χ2v) is 4.74. The summed E-state index contributed by atoms with van der Waals surface area (Å²) in [6.07, 6.45) is 1.21. The van der Waals surface area contributed by atoms with Crippen molar-refractivity contribution in [3.8, 4) is 11.6 Å². The predicted octanol–water partition coefficient (Wildman–Crippen LogP) is 3.40. The molecular weight excluding hydrogens is 268 g/mol. The molecule has 1 N–H and O–H groups in total. The summed E-state index contributed by atoms with van der Waals surface area (Å²) in [6.45, 7) is 5.77. The molecule has 1 aromatic carbocycles. The highest BCUT2D eigenvalue weighted by molar-refractivity contribution is 5.92. The van der Waals surface area contributed by atoms with Gasteiger partial charge in [0.1, 0.15) is 11.3 Å². The van der Waals surface area contributed by atoms with Gasteiger partial charge in [0.2, 0.25) is 0 Å². The minimum Gasteiger partial charge on any atom is -0.477 e. The minimum absolute atomic E-state index is 0.0437. The number of carboxylic acid groups (broad SMARTS) is 1. The van der Waals surface area contributed by atoms with Gasteiger partial charge in [-0.05, 0) is 43.0 Å². The number of carboxylic acids is 1. The Balaban J connectivity index is 2.50. The first-order valence-electron chi connectivity index (χ1n) is 6.93. The van der Waals surface area contributed by atoms with Crippen LogP contribution in [0.15, 0.2) is 24.3 Å². The van der Waals surface area contributed by atoms with Crippen molar-refractivity contribution in [2.24, 2.45) is 0 Å². The first-order chi connectivity index (χ1) is 10.1. The van der Waals surface area contributed by atoms with Crippen molar-refractivity contribution in [3.63, 3.8) is 0 Å². The van der Waals surface area contributed by atoms with E-state index in [-0.39, 0.29) is 11.4 Å². The van der Waals surface area contributed by atoms with Gasteiger partial charge in [-0.2, -0.15) is 5.10 Å². The van der Waals surface area contributed by atoms with Gasteiger partial charge in [0.25, 0.3) is 5.88 Å². The predicted molar refractivity (Wildman–Crippen MR) is 79.0 cm³/mol. The molecule has 5 nitrogen and oxygen atoms in total. The van der Waals surface area contributed by atoms with E-state index in [1.165, 1.54) is 0 Å². The SMILES string of the molecule is CCc1nnc(Oc2cccc(C)c2)c(C(=O)O)c1CC. The number of rotatable bonds is 5.